The number of amides is 1. The molecule has 0 bridgehead atoms. The fourth-order valence-electron chi connectivity index (χ4n) is 4.25. The van der Waals surface area contributed by atoms with Crippen LogP contribution in [0, 0.1) is 0 Å². The molecule has 3 N–H and O–H groups in total. The summed E-state index contributed by atoms with van der Waals surface area (Å²) in [6.45, 7) is 6.30. The van der Waals surface area contributed by atoms with E-state index in [4.69, 9.17) is 4.74 Å². The Morgan fingerprint density at radius 1 is 1.17 bits per heavy atom. The van der Waals surface area contributed by atoms with Crippen LogP contribution in [0.4, 0.5) is 4.79 Å². The first-order valence-corrected chi connectivity index (χ1v) is 12.1. The maximum Gasteiger partial charge on any atom is 0.407 e. The monoisotopic (exact) mass is 479 g/mol. The van der Waals surface area contributed by atoms with Gasteiger partial charge in [-0.15, -0.1) is 0 Å². The molecule has 1 aromatic carbocycles. The molecule has 0 aliphatic carbocycles. The number of benzene rings is 1. The van der Waals surface area contributed by atoms with Crippen molar-refractivity contribution in [2.24, 2.45) is 0 Å². The molecule has 3 heterocycles. The van der Waals surface area contributed by atoms with E-state index in [2.05, 4.69) is 20.2 Å². The summed E-state index contributed by atoms with van der Waals surface area (Å²) in [6, 6.07) is 13.5. The average molecular weight is 480 g/mol. The van der Waals surface area contributed by atoms with E-state index >= 15 is 0 Å². The molecule has 0 radical (unpaired) electrons. The molecule has 1 saturated heterocycles. The van der Waals surface area contributed by atoms with Crippen LogP contribution in [0.25, 0.3) is 11.0 Å². The maximum atomic E-state index is 12.1. The number of hydrogen-bond donors (Lipinski definition) is 3. The minimum absolute atomic E-state index is 0.0563. The minimum Gasteiger partial charge on any atom is -0.449 e. The van der Waals surface area contributed by atoms with Crippen LogP contribution >= 0.6 is 0 Å². The Morgan fingerprint density at radius 3 is 2.69 bits per heavy atom. The number of aliphatic hydroxyl groups is 1. The van der Waals surface area contributed by atoms with Crippen LogP contribution in [0.1, 0.15) is 30.0 Å². The Hall–Kier alpha value is -3.27. The van der Waals surface area contributed by atoms with Crippen LogP contribution in [-0.4, -0.2) is 70.0 Å². The Bertz CT molecular complexity index is 1180. The number of carbonyl (C=O) groups excluding carboxylic acids is 1. The van der Waals surface area contributed by atoms with Crippen LogP contribution in [0.3, 0.4) is 0 Å². The van der Waals surface area contributed by atoms with E-state index in [1.165, 1.54) is 0 Å². The van der Waals surface area contributed by atoms with Gasteiger partial charge in [0.15, 0.2) is 0 Å². The number of H-pyrrole nitrogens is 1. The van der Waals surface area contributed by atoms with Gasteiger partial charge in [-0.2, -0.15) is 0 Å². The van der Waals surface area contributed by atoms with Crippen molar-refractivity contribution in [2.75, 3.05) is 32.8 Å². The zero-order chi connectivity index (χ0) is 24.6. The summed E-state index contributed by atoms with van der Waals surface area (Å²) >= 11 is 0. The molecule has 9 nitrogen and oxygen atoms in total. The SMILES string of the molecule is CCc1cc2ncc(CN3CCN(C(O)CCOC(=O)NCc4ccccc4)CC3)cc2[nH]c1=O. The van der Waals surface area contributed by atoms with Crippen molar-refractivity contribution in [3.63, 3.8) is 0 Å². The molecule has 3 aromatic rings. The van der Waals surface area contributed by atoms with E-state index in [9.17, 15) is 14.7 Å². The summed E-state index contributed by atoms with van der Waals surface area (Å²) in [4.78, 5) is 35.7. The Morgan fingerprint density at radius 2 is 1.94 bits per heavy atom. The number of aromatic amines is 1. The first-order valence-electron chi connectivity index (χ1n) is 12.1. The van der Waals surface area contributed by atoms with Crippen molar-refractivity contribution < 1.29 is 14.6 Å². The molecule has 1 aliphatic rings. The lowest BCUT2D eigenvalue weighted by Crippen LogP contribution is -2.50. The van der Waals surface area contributed by atoms with E-state index in [1.807, 2.05) is 60.5 Å². The number of pyridine rings is 2. The number of nitrogens with zero attached hydrogens (tertiary/aromatic N) is 3. The summed E-state index contributed by atoms with van der Waals surface area (Å²) in [5.74, 6) is 0. The van der Waals surface area contributed by atoms with E-state index in [1.54, 1.807) is 0 Å². The molecule has 0 spiro atoms. The van der Waals surface area contributed by atoms with Crippen molar-refractivity contribution in [1.82, 2.24) is 25.1 Å². The molecule has 1 amide bonds. The lowest BCUT2D eigenvalue weighted by Gasteiger charge is -2.37. The van der Waals surface area contributed by atoms with Crippen molar-refractivity contribution >= 4 is 17.1 Å². The lowest BCUT2D eigenvalue weighted by atomic mass is 10.1. The summed E-state index contributed by atoms with van der Waals surface area (Å²) in [5, 5.41) is 13.2. The van der Waals surface area contributed by atoms with Crippen molar-refractivity contribution in [3.05, 3.63) is 75.7 Å². The molecule has 0 saturated carbocycles. The number of aromatic nitrogens is 2. The molecule has 186 valence electrons. The van der Waals surface area contributed by atoms with Crippen molar-refractivity contribution in [1.29, 1.82) is 0 Å². The normalized spacial score (nSPS) is 15.7. The fourth-order valence-corrected chi connectivity index (χ4v) is 4.25. The first-order chi connectivity index (χ1) is 17.0. The molecular weight excluding hydrogens is 446 g/mol. The zero-order valence-electron chi connectivity index (χ0n) is 20.1. The predicted molar refractivity (Wildman–Crippen MR) is 134 cm³/mol. The molecule has 1 unspecified atom stereocenters. The van der Waals surface area contributed by atoms with Crippen molar-refractivity contribution in [3.8, 4) is 0 Å². The van der Waals surface area contributed by atoms with Crippen molar-refractivity contribution in [2.45, 2.75) is 39.1 Å². The van der Waals surface area contributed by atoms with Gasteiger partial charge < -0.3 is 20.1 Å². The summed E-state index contributed by atoms with van der Waals surface area (Å²) in [5.41, 5.74) is 4.28. The second kappa shape index (κ2) is 11.9. The fraction of sp³-hybridized carbons (Fsp3) is 0.423. The molecular formula is C26H33N5O4. The van der Waals surface area contributed by atoms with Gasteiger partial charge >= 0.3 is 6.09 Å². The third kappa shape index (κ3) is 6.88. The molecule has 1 fully saturated rings. The topological polar surface area (TPSA) is 111 Å². The van der Waals surface area contributed by atoms with Crippen LogP contribution in [0.2, 0.25) is 0 Å². The van der Waals surface area contributed by atoms with E-state index in [0.29, 0.717) is 19.4 Å². The number of nitrogens with one attached hydrogen (secondary N) is 2. The largest absolute Gasteiger partial charge is 0.449 e. The number of piperazine rings is 1. The molecule has 2 aromatic heterocycles. The number of fused-ring (bicyclic) bond motifs is 1. The van der Waals surface area contributed by atoms with Gasteiger partial charge in [-0.05, 0) is 29.7 Å². The number of aliphatic hydroxyl groups excluding tert-OH is 1. The standard InChI is InChI=1S/C26H33N5O4/c1-2-21-15-22-23(29-25(21)33)14-20(17-27-22)18-30-9-11-31(12-10-30)24(32)8-13-35-26(34)28-16-19-6-4-3-5-7-19/h3-7,14-15,17,24,32H,2,8-13,16,18H2,1H3,(H,28,34)(H,29,33). The summed E-state index contributed by atoms with van der Waals surface area (Å²) in [7, 11) is 0. The highest BCUT2D eigenvalue weighted by Crippen LogP contribution is 2.15. The van der Waals surface area contributed by atoms with Crippen LogP contribution in [0.5, 0.6) is 0 Å². The minimum atomic E-state index is -0.653. The third-order valence-corrected chi connectivity index (χ3v) is 6.33. The quantitative estimate of drug-likeness (QED) is 0.432. The van der Waals surface area contributed by atoms with Crippen LogP contribution in [0.15, 0.2) is 53.5 Å². The van der Waals surface area contributed by atoms with Gasteiger partial charge in [0.1, 0.15) is 6.23 Å². The molecule has 9 heteroatoms. The van der Waals surface area contributed by atoms with Crippen LogP contribution in [-0.2, 0) is 24.2 Å². The molecule has 4 rings (SSSR count). The predicted octanol–water partition coefficient (Wildman–Crippen LogP) is 2.24. The Kier molecular flexibility index (Phi) is 8.46. The van der Waals surface area contributed by atoms with Gasteiger partial charge in [-0.3, -0.25) is 19.6 Å². The summed E-state index contributed by atoms with van der Waals surface area (Å²) < 4.78 is 5.20. The first kappa shape index (κ1) is 24.8. The van der Waals surface area contributed by atoms with Gasteiger partial charge in [0.25, 0.3) is 5.56 Å². The average Bonchev–Trinajstić information content (AvgIpc) is 2.88. The third-order valence-electron chi connectivity index (χ3n) is 6.33. The number of hydrogen-bond acceptors (Lipinski definition) is 7. The number of ether oxygens (including phenoxy) is 1. The highest BCUT2D eigenvalue weighted by molar-refractivity contribution is 5.74. The number of rotatable bonds is 9. The van der Waals surface area contributed by atoms with Gasteiger partial charge in [0.2, 0.25) is 0 Å². The van der Waals surface area contributed by atoms with E-state index in [-0.39, 0.29) is 12.2 Å². The number of carbonyl (C=O) groups is 1. The van der Waals surface area contributed by atoms with Gasteiger partial charge in [0, 0.05) is 57.4 Å². The van der Waals surface area contributed by atoms with Crippen LogP contribution < -0.4 is 10.9 Å². The highest BCUT2D eigenvalue weighted by Gasteiger charge is 2.22. The lowest BCUT2D eigenvalue weighted by molar-refractivity contribution is -0.0394. The summed E-state index contributed by atoms with van der Waals surface area (Å²) in [6.07, 6.45) is 1.77. The second-order valence-electron chi connectivity index (χ2n) is 8.81. The number of alkyl carbamates (subject to hydrolysis) is 1. The molecule has 1 aliphatic heterocycles. The second-order valence-corrected chi connectivity index (χ2v) is 8.81. The van der Waals surface area contributed by atoms with Gasteiger partial charge in [0.05, 0.1) is 17.6 Å². The van der Waals surface area contributed by atoms with E-state index < -0.39 is 12.3 Å². The van der Waals surface area contributed by atoms with Gasteiger partial charge in [-0.25, -0.2) is 4.79 Å². The molecule has 35 heavy (non-hydrogen) atoms. The zero-order valence-corrected chi connectivity index (χ0v) is 20.1. The Labute approximate surface area is 204 Å². The molecule has 1 atom stereocenters. The Balaban J connectivity index is 1.18. The van der Waals surface area contributed by atoms with Gasteiger partial charge in [-0.1, -0.05) is 37.3 Å². The smallest absolute Gasteiger partial charge is 0.407 e. The van der Waals surface area contributed by atoms with E-state index in [0.717, 1.165) is 60.4 Å². The number of aryl methyl sites for hydroxylation is 1. The maximum absolute atomic E-state index is 12.1. The highest BCUT2D eigenvalue weighted by atomic mass is 16.5.